The highest BCUT2D eigenvalue weighted by molar-refractivity contribution is 5.96. The molecule has 24 heavy (non-hydrogen) atoms. The number of carbonyl (C=O) groups excluding carboxylic acids is 2. The van der Waals surface area contributed by atoms with E-state index in [1.165, 1.54) is 31.3 Å². The van der Waals surface area contributed by atoms with E-state index in [1.54, 1.807) is 12.1 Å². The smallest absolute Gasteiger partial charge is 0.416 e. The van der Waals surface area contributed by atoms with E-state index >= 15 is 0 Å². The average molecular weight is 338 g/mol. The first-order valence-electron chi connectivity index (χ1n) is 6.87. The summed E-state index contributed by atoms with van der Waals surface area (Å²) in [5, 5.41) is 2.27. The van der Waals surface area contributed by atoms with Gasteiger partial charge >= 0.3 is 12.1 Å². The van der Waals surface area contributed by atoms with E-state index in [1.807, 2.05) is 0 Å². The number of benzene rings is 1. The lowest BCUT2D eigenvalue weighted by molar-refractivity contribution is -0.137. The van der Waals surface area contributed by atoms with Gasteiger partial charge in [0.2, 0.25) is 0 Å². The van der Waals surface area contributed by atoms with E-state index in [4.69, 9.17) is 4.74 Å². The van der Waals surface area contributed by atoms with Crippen LogP contribution in [0.15, 0.2) is 48.7 Å². The summed E-state index contributed by atoms with van der Waals surface area (Å²) in [5.74, 6) is -1.55. The number of nitrogens with one attached hydrogen (secondary N) is 1. The SMILES string of the molecule is C[C@@H](OC(=O)c1ccccn1)C(=O)Nc1cccc(C(F)(F)F)c1. The third-order valence-electron chi connectivity index (χ3n) is 2.98. The molecule has 0 spiro atoms. The van der Waals surface area contributed by atoms with Gasteiger partial charge in [-0.2, -0.15) is 13.2 Å². The molecule has 1 aromatic heterocycles. The lowest BCUT2D eigenvalue weighted by Gasteiger charge is -2.14. The maximum Gasteiger partial charge on any atom is 0.416 e. The van der Waals surface area contributed by atoms with Gasteiger partial charge in [0.25, 0.3) is 5.91 Å². The van der Waals surface area contributed by atoms with Crippen LogP contribution in [0.4, 0.5) is 18.9 Å². The second kappa shape index (κ2) is 7.12. The maximum absolute atomic E-state index is 12.6. The van der Waals surface area contributed by atoms with Crippen LogP contribution in [0.5, 0.6) is 0 Å². The molecule has 0 saturated heterocycles. The van der Waals surface area contributed by atoms with Crippen molar-refractivity contribution in [1.82, 2.24) is 4.98 Å². The molecule has 0 bridgehead atoms. The summed E-state index contributed by atoms with van der Waals surface area (Å²) in [5.41, 5.74) is -0.912. The van der Waals surface area contributed by atoms with Gasteiger partial charge in [-0.25, -0.2) is 9.78 Å². The van der Waals surface area contributed by atoms with Gasteiger partial charge in [-0.15, -0.1) is 0 Å². The van der Waals surface area contributed by atoms with Crippen molar-refractivity contribution in [1.29, 1.82) is 0 Å². The third kappa shape index (κ3) is 4.55. The molecule has 1 N–H and O–H groups in total. The van der Waals surface area contributed by atoms with Crippen LogP contribution in [0.3, 0.4) is 0 Å². The Morgan fingerprint density at radius 2 is 1.92 bits per heavy atom. The predicted octanol–water partition coefficient (Wildman–Crippen LogP) is 3.28. The fourth-order valence-electron chi connectivity index (χ4n) is 1.78. The van der Waals surface area contributed by atoms with E-state index in [9.17, 15) is 22.8 Å². The highest BCUT2D eigenvalue weighted by Crippen LogP contribution is 2.30. The minimum atomic E-state index is -4.52. The molecule has 1 heterocycles. The number of alkyl halides is 3. The average Bonchev–Trinajstić information content (AvgIpc) is 2.55. The maximum atomic E-state index is 12.6. The number of carbonyl (C=O) groups is 2. The number of nitrogens with zero attached hydrogens (tertiary/aromatic N) is 1. The Hall–Kier alpha value is -2.90. The summed E-state index contributed by atoms with van der Waals surface area (Å²) in [4.78, 5) is 27.5. The van der Waals surface area contributed by atoms with Gasteiger partial charge in [0.15, 0.2) is 6.10 Å². The summed E-state index contributed by atoms with van der Waals surface area (Å²) in [6.07, 6.45) is -4.32. The van der Waals surface area contributed by atoms with Crippen molar-refractivity contribution in [2.45, 2.75) is 19.2 Å². The van der Waals surface area contributed by atoms with Gasteiger partial charge in [0.1, 0.15) is 5.69 Å². The van der Waals surface area contributed by atoms with Crippen molar-refractivity contribution in [3.63, 3.8) is 0 Å². The lowest BCUT2D eigenvalue weighted by atomic mass is 10.2. The Morgan fingerprint density at radius 1 is 1.17 bits per heavy atom. The number of hydrogen-bond acceptors (Lipinski definition) is 4. The normalized spacial score (nSPS) is 12.3. The molecule has 1 atom stereocenters. The molecule has 0 aliphatic carbocycles. The van der Waals surface area contributed by atoms with Gasteiger partial charge in [-0.3, -0.25) is 4.79 Å². The van der Waals surface area contributed by atoms with Crippen LogP contribution < -0.4 is 5.32 Å². The molecule has 2 rings (SSSR count). The Morgan fingerprint density at radius 3 is 2.54 bits per heavy atom. The van der Waals surface area contributed by atoms with Crippen molar-refractivity contribution in [2.75, 3.05) is 5.32 Å². The number of pyridine rings is 1. The largest absolute Gasteiger partial charge is 0.448 e. The first kappa shape index (κ1) is 17.5. The number of esters is 1. The van der Waals surface area contributed by atoms with Gasteiger partial charge in [-0.05, 0) is 37.3 Å². The van der Waals surface area contributed by atoms with Crippen LogP contribution in [0, 0.1) is 0 Å². The van der Waals surface area contributed by atoms with Gasteiger partial charge in [0, 0.05) is 11.9 Å². The van der Waals surface area contributed by atoms with Crippen molar-refractivity contribution in [3.05, 3.63) is 59.9 Å². The highest BCUT2D eigenvalue weighted by Gasteiger charge is 2.30. The van der Waals surface area contributed by atoms with Crippen LogP contribution in [0.25, 0.3) is 0 Å². The van der Waals surface area contributed by atoms with Gasteiger partial charge in [0.05, 0.1) is 5.56 Å². The second-order valence-electron chi connectivity index (χ2n) is 4.83. The number of hydrogen-bond donors (Lipinski definition) is 1. The quantitative estimate of drug-likeness (QED) is 0.869. The van der Waals surface area contributed by atoms with Gasteiger partial charge < -0.3 is 10.1 Å². The van der Waals surface area contributed by atoms with E-state index < -0.39 is 29.7 Å². The van der Waals surface area contributed by atoms with E-state index in [0.29, 0.717) is 0 Å². The zero-order valence-corrected chi connectivity index (χ0v) is 12.5. The molecule has 1 amide bonds. The molecule has 126 valence electrons. The van der Waals surface area contributed by atoms with Crippen LogP contribution in [-0.4, -0.2) is 23.0 Å². The number of amides is 1. The first-order valence-corrected chi connectivity index (χ1v) is 6.87. The van der Waals surface area contributed by atoms with E-state index in [-0.39, 0.29) is 11.4 Å². The fourth-order valence-corrected chi connectivity index (χ4v) is 1.78. The minimum absolute atomic E-state index is 0.0243. The fraction of sp³-hybridized carbons (Fsp3) is 0.188. The molecule has 1 aromatic carbocycles. The molecule has 0 saturated carbocycles. The summed E-state index contributed by atoms with van der Waals surface area (Å²) in [6, 6.07) is 8.77. The molecule has 0 unspecified atom stereocenters. The van der Waals surface area contributed by atoms with Crippen LogP contribution >= 0.6 is 0 Å². The summed E-state index contributed by atoms with van der Waals surface area (Å²) in [7, 11) is 0. The number of ether oxygens (including phenoxy) is 1. The molecule has 2 aromatic rings. The topological polar surface area (TPSA) is 68.3 Å². The number of aromatic nitrogens is 1. The Kier molecular flexibility index (Phi) is 5.18. The molecular weight excluding hydrogens is 325 g/mol. The third-order valence-corrected chi connectivity index (χ3v) is 2.98. The van der Waals surface area contributed by atoms with E-state index in [0.717, 1.165) is 12.1 Å². The van der Waals surface area contributed by atoms with Crippen LogP contribution in [0.2, 0.25) is 0 Å². The number of halogens is 3. The first-order chi connectivity index (χ1) is 11.3. The monoisotopic (exact) mass is 338 g/mol. The molecule has 0 fully saturated rings. The predicted molar refractivity (Wildman–Crippen MR) is 79.2 cm³/mol. The van der Waals surface area contributed by atoms with Crippen molar-refractivity contribution in [3.8, 4) is 0 Å². The Labute approximate surface area is 135 Å². The zero-order chi connectivity index (χ0) is 17.7. The zero-order valence-electron chi connectivity index (χ0n) is 12.5. The molecular formula is C16H13F3N2O3. The van der Waals surface area contributed by atoms with Crippen molar-refractivity contribution < 1.29 is 27.5 Å². The highest BCUT2D eigenvalue weighted by atomic mass is 19.4. The summed E-state index contributed by atoms with van der Waals surface area (Å²) < 4.78 is 42.8. The lowest BCUT2D eigenvalue weighted by Crippen LogP contribution is -2.30. The Balaban J connectivity index is 2.00. The minimum Gasteiger partial charge on any atom is -0.448 e. The van der Waals surface area contributed by atoms with Crippen molar-refractivity contribution in [2.24, 2.45) is 0 Å². The molecule has 0 aliphatic heterocycles. The molecule has 8 heteroatoms. The second-order valence-corrected chi connectivity index (χ2v) is 4.83. The van der Waals surface area contributed by atoms with Gasteiger partial charge in [-0.1, -0.05) is 12.1 Å². The standard InChI is InChI=1S/C16H13F3N2O3/c1-10(24-15(23)13-7-2-3-8-20-13)14(22)21-12-6-4-5-11(9-12)16(17,18)19/h2-10H,1H3,(H,21,22)/t10-/m1/s1. The Bertz CT molecular complexity index is 733. The van der Waals surface area contributed by atoms with Crippen LogP contribution in [-0.2, 0) is 15.7 Å². The molecule has 0 aliphatic rings. The molecule has 5 nitrogen and oxygen atoms in total. The number of rotatable bonds is 4. The summed E-state index contributed by atoms with van der Waals surface area (Å²) >= 11 is 0. The van der Waals surface area contributed by atoms with E-state index in [2.05, 4.69) is 10.3 Å². The number of anilines is 1. The molecule has 0 radical (unpaired) electrons. The van der Waals surface area contributed by atoms with Crippen molar-refractivity contribution >= 4 is 17.6 Å². The summed E-state index contributed by atoms with van der Waals surface area (Å²) in [6.45, 7) is 1.31. The van der Waals surface area contributed by atoms with Crippen LogP contribution in [0.1, 0.15) is 23.0 Å².